The number of carbonyl (C=O) groups excluding carboxylic acids is 2. The molecule has 1 fully saturated rings. The molecule has 0 saturated carbocycles. The lowest BCUT2D eigenvalue weighted by atomic mass is 9.93. The predicted molar refractivity (Wildman–Crippen MR) is 122 cm³/mol. The molecule has 1 heterocycles. The van der Waals surface area contributed by atoms with Crippen molar-refractivity contribution in [1.29, 1.82) is 0 Å². The number of halogens is 1. The highest BCUT2D eigenvalue weighted by molar-refractivity contribution is 7.88. The highest BCUT2D eigenvalue weighted by Gasteiger charge is 2.50. The van der Waals surface area contributed by atoms with E-state index in [4.69, 9.17) is 11.6 Å². The van der Waals surface area contributed by atoms with E-state index in [1.165, 1.54) is 4.90 Å². The molecule has 1 N–H and O–H groups in total. The molecule has 1 aliphatic heterocycles. The van der Waals surface area contributed by atoms with Gasteiger partial charge in [0.2, 0.25) is 21.8 Å². The van der Waals surface area contributed by atoms with Gasteiger partial charge in [-0.15, -0.1) is 0 Å². The van der Waals surface area contributed by atoms with Crippen molar-refractivity contribution in [3.63, 3.8) is 0 Å². The summed E-state index contributed by atoms with van der Waals surface area (Å²) >= 11 is 5.91. The average Bonchev–Trinajstić information content (AvgIpc) is 2.68. The lowest BCUT2D eigenvalue weighted by molar-refractivity contribution is -0.133. The topological polar surface area (TPSA) is 86.8 Å². The molecule has 0 aliphatic carbocycles. The molecule has 1 aliphatic rings. The molecule has 7 nitrogen and oxygen atoms in total. The van der Waals surface area contributed by atoms with Gasteiger partial charge in [-0.2, -0.15) is 4.31 Å². The Morgan fingerprint density at radius 2 is 1.81 bits per heavy atom. The Kier molecular flexibility index (Phi) is 6.45. The molecule has 0 aromatic heterocycles. The molecule has 31 heavy (non-hydrogen) atoms. The Balaban J connectivity index is 1.99. The first-order chi connectivity index (χ1) is 14.4. The number of hydrogen-bond donors (Lipinski definition) is 1. The Morgan fingerprint density at radius 1 is 1.16 bits per heavy atom. The molecule has 1 atom stereocenters. The molecule has 0 spiro atoms. The Labute approximate surface area is 188 Å². The van der Waals surface area contributed by atoms with Gasteiger partial charge in [-0.3, -0.25) is 14.5 Å². The highest BCUT2D eigenvalue weighted by Crippen LogP contribution is 2.33. The van der Waals surface area contributed by atoms with Crippen LogP contribution in [-0.4, -0.2) is 49.4 Å². The Hall–Kier alpha value is -2.42. The molecule has 9 heteroatoms. The number of piperazine rings is 1. The largest absolute Gasteiger partial charge is 0.350 e. The zero-order valence-electron chi connectivity index (χ0n) is 18.0. The summed E-state index contributed by atoms with van der Waals surface area (Å²) in [5.74, 6) is -0.889. The molecule has 0 radical (unpaired) electrons. The van der Waals surface area contributed by atoms with Crippen molar-refractivity contribution in [2.45, 2.75) is 32.9 Å². The zero-order valence-corrected chi connectivity index (χ0v) is 19.5. The number of nitrogens with zero attached hydrogens (tertiary/aromatic N) is 2. The molecule has 1 saturated heterocycles. The quantitative estimate of drug-likeness (QED) is 0.738. The van der Waals surface area contributed by atoms with Crippen LogP contribution in [0.3, 0.4) is 0 Å². The minimum atomic E-state index is -3.67. The van der Waals surface area contributed by atoms with Crippen LogP contribution >= 0.6 is 11.6 Å². The molecule has 2 aromatic carbocycles. The van der Waals surface area contributed by atoms with E-state index in [-0.39, 0.29) is 19.6 Å². The maximum Gasteiger partial charge on any atom is 0.247 e. The van der Waals surface area contributed by atoms with Crippen LogP contribution < -0.4 is 10.2 Å². The number of sulfonamides is 1. The first kappa shape index (κ1) is 23.2. The van der Waals surface area contributed by atoms with Gasteiger partial charge >= 0.3 is 0 Å². The van der Waals surface area contributed by atoms with Crippen LogP contribution in [0.4, 0.5) is 5.69 Å². The summed E-state index contributed by atoms with van der Waals surface area (Å²) in [5.41, 5.74) is 1.76. The lowest BCUT2D eigenvalue weighted by Gasteiger charge is -2.47. The monoisotopic (exact) mass is 463 g/mol. The van der Waals surface area contributed by atoms with E-state index in [0.29, 0.717) is 10.7 Å². The SMILES string of the molecule is Cc1ccc(C)c(N2C(=O)CN(S(C)(=O)=O)C[C@]2(C)C(=O)NCc2ccc(Cl)cc2)c1. The van der Waals surface area contributed by atoms with Crippen molar-refractivity contribution in [2.24, 2.45) is 0 Å². The number of benzene rings is 2. The predicted octanol–water partition coefficient (Wildman–Crippen LogP) is 2.64. The summed E-state index contributed by atoms with van der Waals surface area (Å²) in [7, 11) is -3.67. The Bertz CT molecular complexity index is 1120. The number of rotatable bonds is 5. The van der Waals surface area contributed by atoms with Gasteiger partial charge in [0.15, 0.2) is 0 Å². The number of anilines is 1. The summed E-state index contributed by atoms with van der Waals surface area (Å²) in [6, 6.07) is 12.7. The summed E-state index contributed by atoms with van der Waals surface area (Å²) in [6.45, 7) is 5.12. The third-order valence-corrected chi connectivity index (χ3v) is 6.92. The highest BCUT2D eigenvalue weighted by atomic mass is 35.5. The van der Waals surface area contributed by atoms with Crippen molar-refractivity contribution in [3.05, 3.63) is 64.2 Å². The van der Waals surface area contributed by atoms with Gasteiger partial charge in [0.25, 0.3) is 0 Å². The summed E-state index contributed by atoms with van der Waals surface area (Å²) in [4.78, 5) is 28.0. The molecular formula is C22H26ClN3O4S. The second-order valence-electron chi connectivity index (χ2n) is 8.13. The maximum atomic E-state index is 13.4. The standard InChI is InChI=1S/C22H26ClN3O4S/c1-15-5-6-16(2)19(11-15)26-20(27)13-25(31(4,29)30)14-22(26,3)21(28)24-12-17-7-9-18(23)10-8-17/h5-11H,12-14H2,1-4H3,(H,24,28)/t22-/m1/s1. The van der Waals surface area contributed by atoms with Crippen molar-refractivity contribution >= 4 is 39.1 Å². The van der Waals surface area contributed by atoms with Crippen LogP contribution in [-0.2, 0) is 26.2 Å². The number of amides is 2. The van der Waals surface area contributed by atoms with Crippen molar-refractivity contribution < 1.29 is 18.0 Å². The van der Waals surface area contributed by atoms with Crippen LogP contribution in [0, 0.1) is 13.8 Å². The summed E-state index contributed by atoms with van der Waals surface area (Å²) in [6.07, 6.45) is 1.04. The molecule has 2 aromatic rings. The van der Waals surface area contributed by atoms with Crippen molar-refractivity contribution in [1.82, 2.24) is 9.62 Å². The summed E-state index contributed by atoms with van der Waals surface area (Å²) in [5, 5.41) is 3.45. The van der Waals surface area contributed by atoms with Crippen LogP contribution in [0.25, 0.3) is 0 Å². The summed E-state index contributed by atoms with van der Waals surface area (Å²) < 4.78 is 25.5. The van der Waals surface area contributed by atoms with E-state index in [1.807, 2.05) is 32.0 Å². The first-order valence-corrected chi connectivity index (χ1v) is 12.0. The third-order valence-electron chi connectivity index (χ3n) is 5.47. The van der Waals surface area contributed by atoms with Gasteiger partial charge in [0.1, 0.15) is 5.54 Å². The number of aryl methyl sites for hydroxylation is 2. The van der Waals surface area contributed by atoms with E-state index in [1.54, 1.807) is 31.2 Å². The van der Waals surface area contributed by atoms with Gasteiger partial charge < -0.3 is 5.32 Å². The zero-order chi connectivity index (χ0) is 23.0. The third kappa shape index (κ3) is 4.92. The van der Waals surface area contributed by atoms with Crippen molar-refractivity contribution in [2.75, 3.05) is 24.2 Å². The van der Waals surface area contributed by atoms with Gasteiger partial charge in [-0.05, 0) is 55.7 Å². The number of hydrogen-bond acceptors (Lipinski definition) is 4. The molecule has 3 rings (SSSR count). The fourth-order valence-electron chi connectivity index (χ4n) is 3.71. The van der Waals surface area contributed by atoms with Crippen LogP contribution in [0.15, 0.2) is 42.5 Å². The van der Waals surface area contributed by atoms with Crippen molar-refractivity contribution in [3.8, 4) is 0 Å². The fourth-order valence-corrected chi connectivity index (χ4v) is 4.67. The average molecular weight is 464 g/mol. The second kappa shape index (κ2) is 8.61. The second-order valence-corrected chi connectivity index (χ2v) is 10.6. The van der Waals surface area contributed by atoms with Gasteiger partial charge in [0, 0.05) is 23.8 Å². The van der Waals surface area contributed by atoms with E-state index in [0.717, 1.165) is 27.3 Å². The van der Waals surface area contributed by atoms with E-state index in [9.17, 15) is 18.0 Å². The maximum absolute atomic E-state index is 13.4. The van der Waals surface area contributed by atoms with E-state index < -0.39 is 27.4 Å². The molecule has 0 unspecified atom stereocenters. The molecule has 2 amide bonds. The van der Waals surface area contributed by atoms with E-state index >= 15 is 0 Å². The first-order valence-electron chi connectivity index (χ1n) is 9.80. The van der Waals surface area contributed by atoms with Gasteiger partial charge in [-0.1, -0.05) is 35.9 Å². The fraction of sp³-hybridized carbons (Fsp3) is 0.364. The minimum absolute atomic E-state index is 0.141. The van der Waals surface area contributed by atoms with Gasteiger partial charge in [0.05, 0.1) is 12.8 Å². The van der Waals surface area contributed by atoms with Crippen LogP contribution in [0.5, 0.6) is 0 Å². The minimum Gasteiger partial charge on any atom is -0.350 e. The van der Waals surface area contributed by atoms with E-state index in [2.05, 4.69) is 5.32 Å². The number of carbonyl (C=O) groups is 2. The molecule has 0 bridgehead atoms. The van der Waals surface area contributed by atoms with Crippen LogP contribution in [0.2, 0.25) is 5.02 Å². The van der Waals surface area contributed by atoms with Crippen LogP contribution in [0.1, 0.15) is 23.6 Å². The molecule has 166 valence electrons. The lowest BCUT2D eigenvalue weighted by Crippen LogP contribution is -2.70. The number of nitrogens with one attached hydrogen (secondary N) is 1. The molecular weight excluding hydrogens is 438 g/mol. The smallest absolute Gasteiger partial charge is 0.247 e. The Morgan fingerprint density at radius 3 is 2.42 bits per heavy atom. The van der Waals surface area contributed by atoms with Gasteiger partial charge in [-0.25, -0.2) is 8.42 Å². The normalized spacial score (nSPS) is 20.0.